The van der Waals surface area contributed by atoms with Crippen LogP contribution in [0.4, 0.5) is 5.69 Å². The Kier molecular flexibility index (Phi) is 3.20. The average Bonchev–Trinajstić information content (AvgIpc) is 2.66. The van der Waals surface area contributed by atoms with Crippen molar-refractivity contribution in [1.82, 2.24) is 0 Å². The molecular formula is C13H14ClNO. The smallest absolute Gasteiger partial charge is 0.123 e. The second-order valence-corrected chi connectivity index (χ2v) is 4.26. The number of hydrogen-bond donors (Lipinski definition) is 1. The molecule has 0 aliphatic rings. The van der Waals surface area contributed by atoms with Gasteiger partial charge < -0.3 is 9.73 Å². The van der Waals surface area contributed by atoms with Crippen LogP contribution < -0.4 is 5.32 Å². The van der Waals surface area contributed by atoms with Crippen LogP contribution in [0.2, 0.25) is 5.02 Å². The molecule has 1 N–H and O–H groups in total. The Morgan fingerprint density at radius 1 is 1.19 bits per heavy atom. The van der Waals surface area contributed by atoms with Gasteiger partial charge in [-0.05, 0) is 43.7 Å². The SMILES string of the molecule is Cc1ccc(Cl)c(NCc2ccc(C)o2)c1. The van der Waals surface area contributed by atoms with Crippen LogP contribution in [-0.4, -0.2) is 0 Å². The van der Waals surface area contributed by atoms with Crippen LogP contribution >= 0.6 is 11.6 Å². The monoisotopic (exact) mass is 235 g/mol. The molecule has 16 heavy (non-hydrogen) atoms. The van der Waals surface area contributed by atoms with Crippen LogP contribution in [0.15, 0.2) is 34.7 Å². The molecule has 84 valence electrons. The topological polar surface area (TPSA) is 25.2 Å². The Hall–Kier alpha value is -1.41. The van der Waals surface area contributed by atoms with Gasteiger partial charge in [-0.25, -0.2) is 0 Å². The molecule has 0 saturated carbocycles. The van der Waals surface area contributed by atoms with Crippen LogP contribution in [0.5, 0.6) is 0 Å². The molecule has 0 atom stereocenters. The summed E-state index contributed by atoms with van der Waals surface area (Å²) in [6.07, 6.45) is 0. The zero-order chi connectivity index (χ0) is 11.5. The summed E-state index contributed by atoms with van der Waals surface area (Å²) in [5, 5.41) is 3.99. The van der Waals surface area contributed by atoms with Gasteiger partial charge in [-0.15, -0.1) is 0 Å². The molecule has 0 fully saturated rings. The molecule has 2 nitrogen and oxygen atoms in total. The standard InChI is InChI=1S/C13H14ClNO/c1-9-3-6-12(14)13(7-9)15-8-11-5-4-10(2)16-11/h3-7,15H,8H2,1-2H3. The highest BCUT2D eigenvalue weighted by Gasteiger charge is 2.02. The normalized spacial score (nSPS) is 10.4. The van der Waals surface area contributed by atoms with Crippen LogP contribution in [-0.2, 0) is 6.54 Å². The van der Waals surface area contributed by atoms with Gasteiger partial charge in [-0.2, -0.15) is 0 Å². The Morgan fingerprint density at radius 2 is 2.00 bits per heavy atom. The lowest BCUT2D eigenvalue weighted by molar-refractivity contribution is 0.490. The van der Waals surface area contributed by atoms with Gasteiger partial charge in [0.25, 0.3) is 0 Å². The zero-order valence-electron chi connectivity index (χ0n) is 9.38. The lowest BCUT2D eigenvalue weighted by Crippen LogP contribution is -1.98. The Morgan fingerprint density at radius 3 is 2.69 bits per heavy atom. The van der Waals surface area contributed by atoms with E-state index in [0.29, 0.717) is 6.54 Å². The quantitative estimate of drug-likeness (QED) is 0.864. The number of hydrogen-bond acceptors (Lipinski definition) is 2. The minimum absolute atomic E-state index is 0.650. The molecule has 0 unspecified atom stereocenters. The maximum Gasteiger partial charge on any atom is 0.123 e. The number of benzene rings is 1. The van der Waals surface area contributed by atoms with Crippen molar-refractivity contribution in [2.75, 3.05) is 5.32 Å². The zero-order valence-corrected chi connectivity index (χ0v) is 10.1. The van der Waals surface area contributed by atoms with Crippen molar-refractivity contribution in [3.63, 3.8) is 0 Å². The van der Waals surface area contributed by atoms with Gasteiger partial charge in [0, 0.05) is 0 Å². The van der Waals surface area contributed by atoms with E-state index in [1.54, 1.807) is 0 Å². The number of nitrogens with one attached hydrogen (secondary N) is 1. The van der Waals surface area contributed by atoms with Gasteiger partial charge in [-0.3, -0.25) is 0 Å². The van der Waals surface area contributed by atoms with Crippen molar-refractivity contribution in [3.05, 3.63) is 52.4 Å². The Labute approximate surface area is 100 Å². The summed E-state index contributed by atoms with van der Waals surface area (Å²) in [5.74, 6) is 1.84. The largest absolute Gasteiger partial charge is 0.465 e. The van der Waals surface area contributed by atoms with Crippen molar-refractivity contribution in [3.8, 4) is 0 Å². The fourth-order valence-electron chi connectivity index (χ4n) is 1.54. The summed E-state index contributed by atoms with van der Waals surface area (Å²) in [6, 6.07) is 9.83. The molecule has 1 aromatic carbocycles. The van der Waals surface area contributed by atoms with Gasteiger partial charge in [0.1, 0.15) is 11.5 Å². The second-order valence-electron chi connectivity index (χ2n) is 3.85. The number of halogens is 1. The first-order chi connectivity index (χ1) is 7.65. The van der Waals surface area contributed by atoms with E-state index in [0.717, 1.165) is 22.2 Å². The van der Waals surface area contributed by atoms with Crippen molar-refractivity contribution in [2.45, 2.75) is 20.4 Å². The van der Waals surface area contributed by atoms with E-state index in [9.17, 15) is 0 Å². The van der Waals surface area contributed by atoms with Gasteiger partial charge in [0.05, 0.1) is 17.3 Å². The maximum atomic E-state index is 6.07. The number of aryl methyl sites for hydroxylation is 2. The fraction of sp³-hybridized carbons (Fsp3) is 0.231. The minimum Gasteiger partial charge on any atom is -0.465 e. The van der Waals surface area contributed by atoms with E-state index < -0.39 is 0 Å². The molecule has 1 heterocycles. The predicted octanol–water partition coefficient (Wildman–Crippen LogP) is 4.16. The number of anilines is 1. The van der Waals surface area contributed by atoms with Gasteiger partial charge >= 0.3 is 0 Å². The summed E-state index contributed by atoms with van der Waals surface area (Å²) in [4.78, 5) is 0. The molecule has 0 amide bonds. The van der Waals surface area contributed by atoms with Crippen molar-refractivity contribution < 1.29 is 4.42 Å². The molecule has 2 aromatic rings. The van der Waals surface area contributed by atoms with Crippen LogP contribution in [0.3, 0.4) is 0 Å². The first kappa shape index (κ1) is 11.1. The highest BCUT2D eigenvalue weighted by Crippen LogP contribution is 2.23. The second kappa shape index (κ2) is 4.62. The van der Waals surface area contributed by atoms with E-state index in [1.165, 1.54) is 5.56 Å². The Bertz CT molecular complexity index is 490. The van der Waals surface area contributed by atoms with E-state index in [4.69, 9.17) is 16.0 Å². The highest BCUT2D eigenvalue weighted by molar-refractivity contribution is 6.33. The van der Waals surface area contributed by atoms with E-state index in [-0.39, 0.29) is 0 Å². The van der Waals surface area contributed by atoms with E-state index in [1.807, 2.05) is 44.2 Å². The van der Waals surface area contributed by atoms with Crippen molar-refractivity contribution in [1.29, 1.82) is 0 Å². The molecule has 2 rings (SSSR count). The van der Waals surface area contributed by atoms with Crippen molar-refractivity contribution in [2.24, 2.45) is 0 Å². The minimum atomic E-state index is 0.650. The molecule has 0 radical (unpaired) electrons. The van der Waals surface area contributed by atoms with Gasteiger partial charge in [-0.1, -0.05) is 17.7 Å². The Balaban J connectivity index is 2.07. The molecule has 3 heteroatoms. The van der Waals surface area contributed by atoms with E-state index in [2.05, 4.69) is 5.32 Å². The summed E-state index contributed by atoms with van der Waals surface area (Å²) >= 11 is 6.07. The third-order valence-corrected chi connectivity index (χ3v) is 2.70. The van der Waals surface area contributed by atoms with Crippen LogP contribution in [0.1, 0.15) is 17.1 Å². The lowest BCUT2D eigenvalue weighted by Gasteiger charge is -2.07. The molecule has 1 aromatic heterocycles. The van der Waals surface area contributed by atoms with Crippen LogP contribution in [0, 0.1) is 13.8 Å². The number of rotatable bonds is 3. The number of furan rings is 1. The fourth-order valence-corrected chi connectivity index (χ4v) is 1.72. The first-order valence-corrected chi connectivity index (χ1v) is 5.58. The molecule has 0 aliphatic heterocycles. The molecule has 0 aliphatic carbocycles. The van der Waals surface area contributed by atoms with Gasteiger partial charge in [0.15, 0.2) is 0 Å². The summed E-state index contributed by atoms with van der Waals surface area (Å²) in [5.41, 5.74) is 2.12. The summed E-state index contributed by atoms with van der Waals surface area (Å²) in [7, 11) is 0. The maximum absolute atomic E-state index is 6.07. The third kappa shape index (κ3) is 2.58. The van der Waals surface area contributed by atoms with Gasteiger partial charge in [0.2, 0.25) is 0 Å². The summed E-state index contributed by atoms with van der Waals surface area (Å²) < 4.78 is 5.47. The predicted molar refractivity (Wildman–Crippen MR) is 67.0 cm³/mol. The molecule has 0 spiro atoms. The average molecular weight is 236 g/mol. The third-order valence-electron chi connectivity index (χ3n) is 2.37. The lowest BCUT2D eigenvalue weighted by atomic mass is 10.2. The van der Waals surface area contributed by atoms with E-state index >= 15 is 0 Å². The molecule has 0 bridgehead atoms. The molecular weight excluding hydrogens is 222 g/mol. The van der Waals surface area contributed by atoms with Crippen molar-refractivity contribution >= 4 is 17.3 Å². The molecule has 0 saturated heterocycles. The summed E-state index contributed by atoms with van der Waals surface area (Å²) in [6.45, 7) is 4.62. The first-order valence-electron chi connectivity index (χ1n) is 5.20. The highest BCUT2D eigenvalue weighted by atomic mass is 35.5. The van der Waals surface area contributed by atoms with Crippen LogP contribution in [0.25, 0.3) is 0 Å².